The van der Waals surface area contributed by atoms with Gasteiger partial charge in [0, 0.05) is 25.9 Å². The highest BCUT2D eigenvalue weighted by atomic mass is 16.5. The van der Waals surface area contributed by atoms with Crippen LogP contribution in [0.4, 0.5) is 10.6 Å². The van der Waals surface area contributed by atoms with Gasteiger partial charge in [-0.05, 0) is 25.7 Å². The third kappa shape index (κ3) is 3.69. The molecule has 8 nitrogen and oxygen atoms in total. The number of aryl methyl sites for hydroxylation is 3. The van der Waals surface area contributed by atoms with E-state index in [1.165, 1.54) is 0 Å². The molecule has 8 heteroatoms. The fourth-order valence-electron chi connectivity index (χ4n) is 3.09. The van der Waals surface area contributed by atoms with E-state index in [0.29, 0.717) is 5.82 Å². The van der Waals surface area contributed by atoms with Crippen LogP contribution in [-0.2, 0) is 20.5 Å². The lowest BCUT2D eigenvalue weighted by atomic mass is 10.2. The number of nitrogens with zero attached hydrogens (tertiary/aromatic N) is 4. The molecular weight excluding hydrogens is 308 g/mol. The molecule has 1 fully saturated rings. The topological polar surface area (TPSA) is 86.0 Å². The van der Waals surface area contributed by atoms with E-state index in [-0.39, 0.29) is 18.2 Å². The van der Waals surface area contributed by atoms with Gasteiger partial charge in [-0.2, -0.15) is 10.2 Å². The van der Waals surface area contributed by atoms with Crippen molar-refractivity contribution in [2.45, 2.75) is 44.8 Å². The molecule has 1 saturated carbocycles. The zero-order chi connectivity index (χ0) is 17.1. The largest absolute Gasteiger partial charge is 0.485 e. The molecule has 0 spiro atoms. The summed E-state index contributed by atoms with van der Waals surface area (Å²) in [5.41, 5.74) is 1.07. The third-order valence-corrected chi connectivity index (χ3v) is 4.32. The number of nitrogens with one attached hydrogen (secondary N) is 2. The minimum atomic E-state index is -0.248. The van der Waals surface area contributed by atoms with Gasteiger partial charge in [0.1, 0.15) is 6.10 Å². The van der Waals surface area contributed by atoms with Crippen LogP contribution in [0.1, 0.15) is 31.9 Å². The van der Waals surface area contributed by atoms with Crippen molar-refractivity contribution < 1.29 is 9.53 Å². The quantitative estimate of drug-likeness (QED) is 0.875. The summed E-state index contributed by atoms with van der Waals surface area (Å²) < 4.78 is 9.43. The van der Waals surface area contributed by atoms with Crippen LogP contribution < -0.4 is 15.4 Å². The number of rotatable bonds is 5. The Balaban J connectivity index is 1.56. The molecule has 2 N–H and O–H groups in total. The lowest BCUT2D eigenvalue weighted by Gasteiger charge is -2.21. The lowest BCUT2D eigenvalue weighted by molar-refractivity contribution is 0.175. The van der Waals surface area contributed by atoms with E-state index >= 15 is 0 Å². The van der Waals surface area contributed by atoms with Crippen molar-refractivity contribution in [2.24, 2.45) is 14.1 Å². The first kappa shape index (κ1) is 16.4. The predicted octanol–water partition coefficient (Wildman–Crippen LogP) is 1.84. The van der Waals surface area contributed by atoms with Crippen LogP contribution in [0, 0.1) is 0 Å². The average Bonchev–Trinajstić information content (AvgIpc) is 3.22. The molecule has 2 aromatic rings. The molecule has 2 atom stereocenters. The van der Waals surface area contributed by atoms with Crippen molar-refractivity contribution >= 4 is 11.8 Å². The fourth-order valence-corrected chi connectivity index (χ4v) is 3.09. The number of amides is 2. The van der Waals surface area contributed by atoms with E-state index in [1.807, 2.05) is 26.4 Å². The van der Waals surface area contributed by atoms with E-state index in [1.54, 1.807) is 15.6 Å². The Labute approximate surface area is 141 Å². The number of anilines is 1. The van der Waals surface area contributed by atoms with Gasteiger partial charge in [0.15, 0.2) is 11.6 Å². The van der Waals surface area contributed by atoms with Crippen molar-refractivity contribution in [3.05, 3.63) is 24.2 Å². The van der Waals surface area contributed by atoms with Crippen LogP contribution in [0.3, 0.4) is 0 Å². The zero-order valence-corrected chi connectivity index (χ0v) is 14.3. The number of hydrogen-bond donors (Lipinski definition) is 2. The Morgan fingerprint density at radius 1 is 1.42 bits per heavy atom. The standard InChI is InChI=1S/C16H24N6O2/c1-4-11-8-15(20-22(11)3)19-16(23)18-13-6-5-7-14(13)24-12-9-17-21(2)10-12/h8-10,13-14H,4-7H2,1-3H3,(H2,18,19,20,23)/t13-,14+/m1/s1. The summed E-state index contributed by atoms with van der Waals surface area (Å²) in [6.45, 7) is 2.06. The Morgan fingerprint density at radius 2 is 2.25 bits per heavy atom. The number of aromatic nitrogens is 4. The Morgan fingerprint density at radius 3 is 2.92 bits per heavy atom. The van der Waals surface area contributed by atoms with Gasteiger partial charge in [-0.15, -0.1) is 0 Å². The maximum atomic E-state index is 12.2. The van der Waals surface area contributed by atoms with Crippen LogP contribution in [0.25, 0.3) is 0 Å². The smallest absolute Gasteiger partial charge is 0.320 e. The van der Waals surface area contributed by atoms with Crippen molar-refractivity contribution in [2.75, 3.05) is 5.32 Å². The summed E-state index contributed by atoms with van der Waals surface area (Å²) in [5, 5.41) is 14.2. The second-order valence-corrected chi connectivity index (χ2v) is 6.14. The first-order valence-corrected chi connectivity index (χ1v) is 8.31. The summed E-state index contributed by atoms with van der Waals surface area (Å²) in [5.74, 6) is 1.29. The molecule has 2 aromatic heterocycles. The van der Waals surface area contributed by atoms with Crippen LogP contribution in [-0.4, -0.2) is 37.7 Å². The van der Waals surface area contributed by atoms with Gasteiger partial charge in [-0.3, -0.25) is 14.7 Å². The van der Waals surface area contributed by atoms with Crippen molar-refractivity contribution in [1.29, 1.82) is 0 Å². The van der Waals surface area contributed by atoms with E-state index in [0.717, 1.165) is 37.1 Å². The molecule has 24 heavy (non-hydrogen) atoms. The first-order chi connectivity index (χ1) is 11.5. The molecule has 0 unspecified atom stereocenters. The number of hydrogen-bond acceptors (Lipinski definition) is 4. The molecule has 3 rings (SSSR count). The third-order valence-electron chi connectivity index (χ3n) is 4.32. The molecule has 0 bridgehead atoms. The SMILES string of the molecule is CCc1cc(NC(=O)N[C@@H]2CCC[C@@H]2Oc2cnn(C)c2)nn1C. The van der Waals surface area contributed by atoms with Gasteiger partial charge in [-0.25, -0.2) is 4.79 Å². The molecular formula is C16H24N6O2. The van der Waals surface area contributed by atoms with Gasteiger partial charge < -0.3 is 10.1 Å². The number of urea groups is 1. The van der Waals surface area contributed by atoms with Gasteiger partial charge in [0.25, 0.3) is 0 Å². The van der Waals surface area contributed by atoms with E-state index < -0.39 is 0 Å². The first-order valence-electron chi connectivity index (χ1n) is 8.31. The van der Waals surface area contributed by atoms with Crippen LogP contribution in [0.15, 0.2) is 18.5 Å². The molecule has 1 aliphatic carbocycles. The van der Waals surface area contributed by atoms with Crippen molar-refractivity contribution in [3.63, 3.8) is 0 Å². The predicted molar refractivity (Wildman–Crippen MR) is 90.0 cm³/mol. The van der Waals surface area contributed by atoms with Crippen LogP contribution in [0.5, 0.6) is 5.75 Å². The zero-order valence-electron chi connectivity index (χ0n) is 14.3. The van der Waals surface area contributed by atoms with E-state index in [2.05, 4.69) is 27.8 Å². The fraction of sp³-hybridized carbons (Fsp3) is 0.562. The van der Waals surface area contributed by atoms with Gasteiger partial charge in [-0.1, -0.05) is 6.92 Å². The molecule has 130 valence electrons. The summed E-state index contributed by atoms with van der Waals surface area (Å²) in [6.07, 6.45) is 7.21. The summed E-state index contributed by atoms with van der Waals surface area (Å²) >= 11 is 0. The molecule has 0 radical (unpaired) electrons. The minimum Gasteiger partial charge on any atom is -0.485 e. The monoisotopic (exact) mass is 332 g/mol. The van der Waals surface area contributed by atoms with Gasteiger partial charge in [0.2, 0.25) is 0 Å². The number of carbonyl (C=O) groups excluding carboxylic acids is 1. The molecule has 0 saturated heterocycles. The second kappa shape index (κ2) is 6.94. The van der Waals surface area contributed by atoms with Crippen LogP contribution >= 0.6 is 0 Å². The highest BCUT2D eigenvalue weighted by Gasteiger charge is 2.30. The molecule has 0 aromatic carbocycles. The highest BCUT2D eigenvalue weighted by molar-refractivity contribution is 5.88. The molecule has 1 aliphatic rings. The summed E-state index contributed by atoms with van der Waals surface area (Å²) in [7, 11) is 3.72. The number of carbonyl (C=O) groups is 1. The summed E-state index contributed by atoms with van der Waals surface area (Å²) in [4.78, 5) is 12.2. The number of ether oxygens (including phenoxy) is 1. The Hall–Kier alpha value is -2.51. The highest BCUT2D eigenvalue weighted by Crippen LogP contribution is 2.24. The Kier molecular flexibility index (Phi) is 4.73. The summed E-state index contributed by atoms with van der Waals surface area (Å²) in [6, 6.07) is 1.62. The molecule has 0 aliphatic heterocycles. The minimum absolute atomic E-state index is 0.0143. The lowest BCUT2D eigenvalue weighted by Crippen LogP contribution is -2.44. The second-order valence-electron chi connectivity index (χ2n) is 6.14. The maximum Gasteiger partial charge on any atom is 0.320 e. The Bertz CT molecular complexity index is 707. The van der Waals surface area contributed by atoms with Gasteiger partial charge >= 0.3 is 6.03 Å². The van der Waals surface area contributed by atoms with Crippen molar-refractivity contribution in [1.82, 2.24) is 24.9 Å². The van der Waals surface area contributed by atoms with Crippen molar-refractivity contribution in [3.8, 4) is 5.75 Å². The van der Waals surface area contributed by atoms with Crippen LogP contribution in [0.2, 0.25) is 0 Å². The van der Waals surface area contributed by atoms with Gasteiger partial charge in [0.05, 0.1) is 18.4 Å². The van der Waals surface area contributed by atoms with E-state index in [4.69, 9.17) is 4.74 Å². The molecule has 2 heterocycles. The molecule has 2 amide bonds. The van der Waals surface area contributed by atoms with E-state index in [9.17, 15) is 4.79 Å². The average molecular weight is 332 g/mol. The maximum absolute atomic E-state index is 12.2. The normalized spacial score (nSPS) is 20.1.